The van der Waals surface area contributed by atoms with Crippen LogP contribution in [0.5, 0.6) is 0 Å². The first-order valence-electron chi connectivity index (χ1n) is 9.67. The molecular weight excluding hydrogens is 304 g/mol. The zero-order valence-electron chi connectivity index (χ0n) is 16.3. The van der Waals surface area contributed by atoms with Gasteiger partial charge in [-0.05, 0) is 49.0 Å². The summed E-state index contributed by atoms with van der Waals surface area (Å²) >= 11 is 0. The smallest absolute Gasteiger partial charge is 0.0236 e. The first-order valence-corrected chi connectivity index (χ1v) is 9.67. The molecule has 1 atom stereocenters. The van der Waals surface area contributed by atoms with Gasteiger partial charge < -0.3 is 5.32 Å². The van der Waals surface area contributed by atoms with Crippen LogP contribution in [0.15, 0.2) is 54.6 Å². The van der Waals surface area contributed by atoms with E-state index >= 15 is 0 Å². The van der Waals surface area contributed by atoms with Gasteiger partial charge >= 0.3 is 0 Å². The lowest BCUT2D eigenvalue weighted by Crippen LogP contribution is -2.38. The van der Waals surface area contributed by atoms with Gasteiger partial charge in [-0.3, -0.25) is 4.90 Å². The number of nitrogens with zero attached hydrogens (tertiary/aromatic N) is 1. The predicted molar refractivity (Wildman–Crippen MR) is 110 cm³/mol. The molecule has 2 aromatic carbocycles. The summed E-state index contributed by atoms with van der Waals surface area (Å²) in [5, 5.41) is 3.30. The average molecular weight is 339 g/mol. The highest BCUT2D eigenvalue weighted by atomic mass is 15.2. The van der Waals surface area contributed by atoms with Gasteiger partial charge in [-0.15, -0.1) is 0 Å². The number of rotatable bonds is 10. The first kappa shape index (κ1) is 19.7. The molecule has 25 heavy (non-hydrogen) atoms. The first-order chi connectivity index (χ1) is 12.1. The number of nitrogens with one attached hydrogen (secondary N) is 1. The van der Waals surface area contributed by atoms with E-state index in [0.717, 1.165) is 19.6 Å². The van der Waals surface area contributed by atoms with Crippen LogP contribution >= 0.6 is 0 Å². The molecule has 0 spiro atoms. The average Bonchev–Trinajstić information content (AvgIpc) is 2.63. The Morgan fingerprint density at radius 1 is 0.920 bits per heavy atom. The van der Waals surface area contributed by atoms with Gasteiger partial charge in [0.2, 0.25) is 0 Å². The molecule has 0 radical (unpaired) electrons. The van der Waals surface area contributed by atoms with Gasteiger partial charge in [0.1, 0.15) is 0 Å². The van der Waals surface area contributed by atoms with Crippen molar-refractivity contribution in [3.05, 3.63) is 60.2 Å². The van der Waals surface area contributed by atoms with E-state index in [0.29, 0.717) is 12.0 Å². The van der Waals surface area contributed by atoms with Crippen LogP contribution in [0.2, 0.25) is 0 Å². The summed E-state index contributed by atoms with van der Waals surface area (Å²) in [5.41, 5.74) is 3.98. The fourth-order valence-corrected chi connectivity index (χ4v) is 3.44. The lowest BCUT2D eigenvalue weighted by molar-refractivity contribution is 0.153. The fraction of sp³-hybridized carbons (Fsp3) is 0.478. The maximum atomic E-state index is 3.30. The van der Waals surface area contributed by atoms with E-state index < -0.39 is 0 Å². The van der Waals surface area contributed by atoms with Crippen LogP contribution in [0.25, 0.3) is 11.1 Å². The van der Waals surface area contributed by atoms with E-state index in [1.165, 1.54) is 29.5 Å². The Kier molecular flexibility index (Phi) is 8.17. The minimum absolute atomic E-state index is 0.642. The zero-order valence-corrected chi connectivity index (χ0v) is 16.3. The Morgan fingerprint density at radius 2 is 1.56 bits per heavy atom. The van der Waals surface area contributed by atoms with E-state index in [-0.39, 0.29) is 0 Å². The molecule has 136 valence electrons. The van der Waals surface area contributed by atoms with E-state index in [1.807, 2.05) is 7.05 Å². The summed E-state index contributed by atoms with van der Waals surface area (Å²) in [5.74, 6) is 0.687. The standard InChI is InChI=1S/C23H34N2/c1-5-23(15-16-24-4)25(17-19(2)3)18-20-11-13-22(14-12-20)21-9-7-6-8-10-21/h6-14,19,23-24H,5,15-18H2,1-4H3. The molecule has 0 saturated heterocycles. The van der Waals surface area contributed by atoms with Crippen molar-refractivity contribution in [2.75, 3.05) is 20.1 Å². The van der Waals surface area contributed by atoms with Crippen LogP contribution in [0.1, 0.15) is 39.2 Å². The van der Waals surface area contributed by atoms with Crippen molar-refractivity contribution >= 4 is 0 Å². The summed E-state index contributed by atoms with van der Waals surface area (Å²) in [6.07, 6.45) is 2.41. The van der Waals surface area contributed by atoms with Gasteiger partial charge in [0.05, 0.1) is 0 Å². The van der Waals surface area contributed by atoms with Crippen LogP contribution in [-0.4, -0.2) is 31.1 Å². The Labute approximate surface area is 154 Å². The predicted octanol–water partition coefficient (Wildman–Crippen LogP) is 5.20. The van der Waals surface area contributed by atoms with Crippen LogP contribution in [0.3, 0.4) is 0 Å². The topological polar surface area (TPSA) is 15.3 Å². The van der Waals surface area contributed by atoms with Crippen molar-refractivity contribution in [2.45, 2.75) is 46.2 Å². The van der Waals surface area contributed by atoms with Crippen molar-refractivity contribution < 1.29 is 0 Å². The maximum absolute atomic E-state index is 3.30. The van der Waals surface area contributed by atoms with Crippen molar-refractivity contribution in [2.24, 2.45) is 5.92 Å². The van der Waals surface area contributed by atoms with E-state index in [9.17, 15) is 0 Å². The quantitative estimate of drug-likeness (QED) is 0.640. The molecule has 0 aliphatic carbocycles. The summed E-state index contributed by atoms with van der Waals surface area (Å²) in [7, 11) is 2.04. The normalized spacial score (nSPS) is 12.7. The highest BCUT2D eigenvalue weighted by molar-refractivity contribution is 5.63. The van der Waals surface area contributed by atoms with Gasteiger partial charge in [0.15, 0.2) is 0 Å². The molecule has 1 unspecified atom stereocenters. The minimum Gasteiger partial charge on any atom is -0.320 e. The number of hydrogen-bond donors (Lipinski definition) is 1. The van der Waals surface area contributed by atoms with Crippen molar-refractivity contribution in [3.8, 4) is 11.1 Å². The van der Waals surface area contributed by atoms with Gasteiger partial charge in [0, 0.05) is 19.1 Å². The van der Waals surface area contributed by atoms with Gasteiger partial charge in [-0.2, -0.15) is 0 Å². The Hall–Kier alpha value is -1.64. The molecule has 2 nitrogen and oxygen atoms in total. The Balaban J connectivity index is 2.09. The second-order valence-electron chi connectivity index (χ2n) is 7.34. The molecule has 0 aliphatic rings. The van der Waals surface area contributed by atoms with E-state index in [4.69, 9.17) is 0 Å². The van der Waals surface area contributed by atoms with Crippen LogP contribution in [0.4, 0.5) is 0 Å². The molecule has 0 aliphatic heterocycles. The molecule has 2 heteroatoms. The van der Waals surface area contributed by atoms with Gasteiger partial charge in [0.25, 0.3) is 0 Å². The molecule has 2 rings (SSSR count). The highest BCUT2D eigenvalue weighted by Gasteiger charge is 2.18. The Morgan fingerprint density at radius 3 is 2.12 bits per heavy atom. The molecule has 0 saturated carbocycles. The second-order valence-corrected chi connectivity index (χ2v) is 7.34. The summed E-state index contributed by atoms with van der Waals surface area (Å²) in [6, 6.07) is 20.3. The molecule has 0 fully saturated rings. The van der Waals surface area contributed by atoms with E-state index in [2.05, 4.69) is 85.6 Å². The molecular formula is C23H34N2. The van der Waals surface area contributed by atoms with Crippen molar-refractivity contribution in [3.63, 3.8) is 0 Å². The lowest BCUT2D eigenvalue weighted by atomic mass is 10.0. The number of hydrogen-bond acceptors (Lipinski definition) is 2. The number of benzene rings is 2. The maximum Gasteiger partial charge on any atom is 0.0236 e. The second kappa shape index (κ2) is 10.4. The molecule has 0 heterocycles. The molecule has 0 amide bonds. The van der Waals surface area contributed by atoms with Crippen LogP contribution in [0, 0.1) is 5.92 Å². The summed E-state index contributed by atoms with van der Waals surface area (Å²) < 4.78 is 0. The largest absolute Gasteiger partial charge is 0.320 e. The third kappa shape index (κ3) is 6.30. The zero-order chi connectivity index (χ0) is 18.1. The Bertz CT molecular complexity index is 589. The SMILES string of the molecule is CCC(CCNC)N(Cc1ccc(-c2ccccc2)cc1)CC(C)C. The fourth-order valence-electron chi connectivity index (χ4n) is 3.44. The van der Waals surface area contributed by atoms with Crippen molar-refractivity contribution in [1.29, 1.82) is 0 Å². The van der Waals surface area contributed by atoms with E-state index in [1.54, 1.807) is 0 Å². The molecule has 0 aromatic heterocycles. The van der Waals surface area contributed by atoms with Crippen LogP contribution < -0.4 is 5.32 Å². The molecule has 1 N–H and O–H groups in total. The van der Waals surface area contributed by atoms with Gasteiger partial charge in [-0.25, -0.2) is 0 Å². The molecule has 0 bridgehead atoms. The van der Waals surface area contributed by atoms with Crippen molar-refractivity contribution in [1.82, 2.24) is 10.2 Å². The van der Waals surface area contributed by atoms with Gasteiger partial charge in [-0.1, -0.05) is 75.4 Å². The third-order valence-corrected chi connectivity index (χ3v) is 4.76. The minimum atomic E-state index is 0.642. The lowest BCUT2D eigenvalue weighted by Gasteiger charge is -2.32. The molecule has 2 aromatic rings. The highest BCUT2D eigenvalue weighted by Crippen LogP contribution is 2.21. The van der Waals surface area contributed by atoms with Crippen LogP contribution in [-0.2, 0) is 6.54 Å². The summed E-state index contributed by atoms with van der Waals surface area (Å²) in [6.45, 7) is 10.2. The summed E-state index contributed by atoms with van der Waals surface area (Å²) in [4.78, 5) is 2.67. The monoisotopic (exact) mass is 338 g/mol. The third-order valence-electron chi connectivity index (χ3n) is 4.76.